The first kappa shape index (κ1) is 9.02. The van der Waals surface area contributed by atoms with Gasteiger partial charge in [-0.1, -0.05) is 6.07 Å². The minimum absolute atomic E-state index is 0.148. The molecule has 0 aliphatic heterocycles. The molecule has 4 nitrogen and oxygen atoms in total. The van der Waals surface area contributed by atoms with Crippen LogP contribution in [0.15, 0.2) is 23.1 Å². The standard InChI is InChI=1S/C7H7NO3S/c1-5-2-3-6(4-7(5)8)12(9,10)11/h2-4H,1H3,(H,9,10,11). The van der Waals surface area contributed by atoms with Crippen molar-refractivity contribution >= 4 is 15.8 Å². The fourth-order valence-electron chi connectivity index (χ4n) is 0.750. The van der Waals surface area contributed by atoms with Gasteiger partial charge in [-0.15, -0.1) is 0 Å². The topological polar surface area (TPSA) is 76.7 Å². The van der Waals surface area contributed by atoms with Gasteiger partial charge in [0.25, 0.3) is 10.1 Å². The second-order valence-electron chi connectivity index (χ2n) is 2.42. The van der Waals surface area contributed by atoms with Crippen LogP contribution in [0.4, 0.5) is 5.69 Å². The molecule has 2 radical (unpaired) electrons. The van der Waals surface area contributed by atoms with Crippen LogP contribution in [0.1, 0.15) is 5.56 Å². The second-order valence-corrected chi connectivity index (χ2v) is 3.84. The molecule has 0 spiro atoms. The molecule has 0 atom stereocenters. The van der Waals surface area contributed by atoms with Crippen molar-refractivity contribution in [3.8, 4) is 0 Å². The zero-order valence-corrected chi connectivity index (χ0v) is 7.17. The van der Waals surface area contributed by atoms with Crippen molar-refractivity contribution in [3.63, 3.8) is 0 Å². The van der Waals surface area contributed by atoms with Crippen molar-refractivity contribution in [1.29, 1.82) is 0 Å². The van der Waals surface area contributed by atoms with E-state index in [1.54, 1.807) is 6.92 Å². The molecule has 0 amide bonds. The zero-order chi connectivity index (χ0) is 9.35. The molecule has 1 aromatic rings. The van der Waals surface area contributed by atoms with E-state index in [1.807, 2.05) is 0 Å². The Morgan fingerprint density at radius 2 is 2.00 bits per heavy atom. The highest BCUT2D eigenvalue weighted by molar-refractivity contribution is 7.85. The van der Waals surface area contributed by atoms with Gasteiger partial charge in [0.05, 0.1) is 10.6 Å². The minimum atomic E-state index is -4.20. The number of hydrogen-bond donors (Lipinski definition) is 1. The molecule has 12 heavy (non-hydrogen) atoms. The van der Waals surface area contributed by atoms with Gasteiger partial charge < -0.3 is 0 Å². The van der Waals surface area contributed by atoms with E-state index in [1.165, 1.54) is 12.1 Å². The lowest BCUT2D eigenvalue weighted by atomic mass is 10.2. The van der Waals surface area contributed by atoms with E-state index in [0.717, 1.165) is 6.07 Å². The van der Waals surface area contributed by atoms with Gasteiger partial charge in [0.1, 0.15) is 0 Å². The number of rotatable bonds is 1. The van der Waals surface area contributed by atoms with Crippen molar-refractivity contribution in [1.82, 2.24) is 5.73 Å². The van der Waals surface area contributed by atoms with Crippen molar-refractivity contribution in [2.75, 3.05) is 0 Å². The highest BCUT2D eigenvalue weighted by atomic mass is 32.2. The number of hydrogen-bond acceptors (Lipinski definition) is 2. The van der Waals surface area contributed by atoms with Gasteiger partial charge in [0.2, 0.25) is 0 Å². The van der Waals surface area contributed by atoms with Crippen LogP contribution in [-0.4, -0.2) is 13.0 Å². The van der Waals surface area contributed by atoms with E-state index >= 15 is 0 Å². The molecule has 0 saturated carbocycles. The molecule has 5 heteroatoms. The van der Waals surface area contributed by atoms with E-state index in [2.05, 4.69) is 0 Å². The summed E-state index contributed by atoms with van der Waals surface area (Å²) in [5.74, 6) is 0. The minimum Gasteiger partial charge on any atom is -0.282 e. The SMILES string of the molecule is Cc1ccc(S(=O)(=O)O)cc1[N]. The Hall–Kier alpha value is -1.07. The van der Waals surface area contributed by atoms with Crippen LogP contribution >= 0.6 is 0 Å². The quantitative estimate of drug-likeness (QED) is 0.661. The lowest BCUT2D eigenvalue weighted by Gasteiger charge is -1.98. The fourth-order valence-corrected chi connectivity index (χ4v) is 1.25. The molecular formula is C7H7NO3S. The summed E-state index contributed by atoms with van der Waals surface area (Å²) in [6.07, 6.45) is 0. The maximum absolute atomic E-state index is 10.5. The molecule has 1 rings (SSSR count). The van der Waals surface area contributed by atoms with Gasteiger partial charge in [-0.2, -0.15) is 14.2 Å². The number of benzene rings is 1. The first-order valence-electron chi connectivity index (χ1n) is 3.18. The predicted octanol–water partition coefficient (Wildman–Crippen LogP) is 0.942. The van der Waals surface area contributed by atoms with E-state index in [9.17, 15) is 8.42 Å². The fraction of sp³-hybridized carbons (Fsp3) is 0.143. The lowest BCUT2D eigenvalue weighted by Crippen LogP contribution is -1.97. The molecule has 1 aromatic carbocycles. The molecule has 1 N–H and O–H groups in total. The summed E-state index contributed by atoms with van der Waals surface area (Å²) in [4.78, 5) is -0.300. The molecule has 64 valence electrons. The van der Waals surface area contributed by atoms with Gasteiger partial charge >= 0.3 is 0 Å². The smallest absolute Gasteiger partial charge is 0.282 e. The number of nitrogens with zero attached hydrogens (tertiary/aromatic N) is 1. The van der Waals surface area contributed by atoms with Gasteiger partial charge in [0.15, 0.2) is 0 Å². The second kappa shape index (κ2) is 2.76. The monoisotopic (exact) mass is 185 g/mol. The third-order valence-electron chi connectivity index (χ3n) is 1.48. The largest absolute Gasteiger partial charge is 0.294 e. The Morgan fingerprint density at radius 3 is 2.42 bits per heavy atom. The van der Waals surface area contributed by atoms with Crippen molar-refractivity contribution in [2.24, 2.45) is 0 Å². The molecule has 0 aliphatic rings. The third kappa shape index (κ3) is 1.75. The number of aryl methyl sites for hydroxylation is 1. The molecule has 0 saturated heterocycles. The van der Waals surface area contributed by atoms with Crippen LogP contribution in [0.5, 0.6) is 0 Å². The summed E-state index contributed by atoms with van der Waals surface area (Å²) in [6.45, 7) is 1.63. The zero-order valence-electron chi connectivity index (χ0n) is 6.35. The van der Waals surface area contributed by atoms with Gasteiger partial charge in [0, 0.05) is 0 Å². The van der Waals surface area contributed by atoms with Gasteiger partial charge in [-0.25, -0.2) is 0 Å². The molecule has 0 fully saturated rings. The third-order valence-corrected chi connectivity index (χ3v) is 2.33. The van der Waals surface area contributed by atoms with Crippen LogP contribution < -0.4 is 5.73 Å². The molecular weight excluding hydrogens is 178 g/mol. The van der Waals surface area contributed by atoms with Gasteiger partial charge in [-0.05, 0) is 24.6 Å². The highest BCUT2D eigenvalue weighted by Crippen LogP contribution is 2.17. The highest BCUT2D eigenvalue weighted by Gasteiger charge is 2.10. The molecule has 0 bridgehead atoms. The van der Waals surface area contributed by atoms with E-state index in [0.29, 0.717) is 5.56 Å². The molecule has 0 aliphatic carbocycles. The Labute approximate surface area is 70.8 Å². The normalized spacial score (nSPS) is 11.5. The van der Waals surface area contributed by atoms with Crippen molar-refractivity contribution < 1.29 is 13.0 Å². The Kier molecular flexibility index (Phi) is 2.08. The summed E-state index contributed by atoms with van der Waals surface area (Å²) in [5, 5.41) is 0. The van der Waals surface area contributed by atoms with E-state index in [4.69, 9.17) is 10.3 Å². The summed E-state index contributed by atoms with van der Waals surface area (Å²) in [5.41, 5.74) is 9.50. The van der Waals surface area contributed by atoms with Crippen LogP contribution in [0.3, 0.4) is 0 Å². The Balaban J connectivity index is 3.33. The lowest BCUT2D eigenvalue weighted by molar-refractivity contribution is 0.483. The van der Waals surface area contributed by atoms with Crippen molar-refractivity contribution in [2.45, 2.75) is 11.8 Å². The van der Waals surface area contributed by atoms with Crippen LogP contribution in [0.2, 0.25) is 0 Å². The molecule has 0 unspecified atom stereocenters. The first-order chi connectivity index (χ1) is 5.41. The maximum atomic E-state index is 10.5. The van der Waals surface area contributed by atoms with Crippen LogP contribution in [-0.2, 0) is 10.1 Å². The summed E-state index contributed by atoms with van der Waals surface area (Å²) < 4.78 is 29.6. The molecule has 0 heterocycles. The molecule has 0 aromatic heterocycles. The Morgan fingerprint density at radius 1 is 1.42 bits per heavy atom. The van der Waals surface area contributed by atoms with Crippen molar-refractivity contribution in [3.05, 3.63) is 23.8 Å². The first-order valence-corrected chi connectivity index (χ1v) is 4.62. The Bertz CT molecular complexity index is 397. The van der Waals surface area contributed by atoms with Crippen LogP contribution in [0, 0.1) is 6.92 Å². The van der Waals surface area contributed by atoms with Crippen LogP contribution in [0.25, 0.3) is 0 Å². The summed E-state index contributed by atoms with van der Waals surface area (Å²) in [7, 11) is -4.20. The van der Waals surface area contributed by atoms with E-state index < -0.39 is 10.1 Å². The van der Waals surface area contributed by atoms with E-state index in [-0.39, 0.29) is 10.6 Å². The average Bonchev–Trinajstić information content (AvgIpc) is 1.92. The van der Waals surface area contributed by atoms with Gasteiger partial charge in [-0.3, -0.25) is 4.55 Å². The summed E-state index contributed by atoms with van der Waals surface area (Å²) >= 11 is 0. The summed E-state index contributed by atoms with van der Waals surface area (Å²) in [6, 6.07) is 3.65. The average molecular weight is 185 g/mol. The predicted molar refractivity (Wildman–Crippen MR) is 42.8 cm³/mol. The maximum Gasteiger partial charge on any atom is 0.294 e.